The number of hydrogen-bond acceptors (Lipinski definition) is 1. The predicted octanol–water partition coefficient (Wildman–Crippen LogP) is 3.55. The molecule has 0 radical (unpaired) electrons. The Kier molecular flexibility index (Phi) is 2.56. The zero-order valence-corrected chi connectivity index (χ0v) is 12.1. The fourth-order valence-corrected chi connectivity index (χ4v) is 3.13. The Morgan fingerprint density at radius 1 is 1.35 bits per heavy atom. The molecule has 2 nitrogen and oxygen atoms in total. The van der Waals surface area contributed by atoms with Crippen LogP contribution in [0.2, 0.25) is 0 Å². The van der Waals surface area contributed by atoms with Gasteiger partial charge in [0.05, 0.1) is 6.67 Å². The van der Waals surface area contributed by atoms with Gasteiger partial charge >= 0.3 is 0 Å². The third-order valence-electron chi connectivity index (χ3n) is 4.02. The van der Waals surface area contributed by atoms with Crippen molar-refractivity contribution in [2.24, 2.45) is 0 Å². The van der Waals surface area contributed by atoms with E-state index in [1.165, 1.54) is 22.2 Å². The quantitative estimate of drug-likeness (QED) is 0.721. The number of aromatic nitrogens is 1. The maximum Gasteiger partial charge on any atom is 0.0753 e. The van der Waals surface area contributed by atoms with Gasteiger partial charge in [-0.3, -0.25) is 4.90 Å². The Hall–Kier alpha value is -0.800. The zero-order chi connectivity index (χ0) is 12.2. The molecule has 0 amide bonds. The molecule has 0 spiro atoms. The molecule has 0 fully saturated rings. The smallest absolute Gasteiger partial charge is 0.0753 e. The molecule has 1 atom stereocenters. The summed E-state index contributed by atoms with van der Waals surface area (Å²) < 4.78 is 3.62. The van der Waals surface area contributed by atoms with E-state index in [2.05, 4.69) is 64.5 Å². The standard InChI is InChI=1S/C14H17BrN2/c1-9-6-14-10(2)12-7-11(15)4-5-13(12)17(14)8-16(9)3/h4-5,7,9H,6,8H2,1-3H3. The summed E-state index contributed by atoms with van der Waals surface area (Å²) in [5, 5.41) is 1.39. The van der Waals surface area contributed by atoms with E-state index in [1.807, 2.05) is 0 Å². The Morgan fingerprint density at radius 2 is 2.12 bits per heavy atom. The van der Waals surface area contributed by atoms with Gasteiger partial charge in [0, 0.05) is 33.5 Å². The third-order valence-corrected chi connectivity index (χ3v) is 4.51. The van der Waals surface area contributed by atoms with Gasteiger partial charge in [-0.2, -0.15) is 0 Å². The molecule has 3 heteroatoms. The van der Waals surface area contributed by atoms with Gasteiger partial charge in [-0.05, 0) is 44.7 Å². The monoisotopic (exact) mass is 292 g/mol. The summed E-state index contributed by atoms with van der Waals surface area (Å²) in [6, 6.07) is 7.22. The SMILES string of the molecule is Cc1c2n(c3ccc(Br)cc13)CN(C)C(C)C2. The highest BCUT2D eigenvalue weighted by atomic mass is 79.9. The van der Waals surface area contributed by atoms with Crippen molar-refractivity contribution >= 4 is 26.8 Å². The van der Waals surface area contributed by atoms with Gasteiger partial charge in [-0.15, -0.1) is 0 Å². The van der Waals surface area contributed by atoms with Crippen molar-refractivity contribution in [2.75, 3.05) is 7.05 Å². The summed E-state index contributed by atoms with van der Waals surface area (Å²) in [6.45, 7) is 5.55. The molecule has 0 N–H and O–H groups in total. The van der Waals surface area contributed by atoms with Crippen LogP contribution < -0.4 is 0 Å². The van der Waals surface area contributed by atoms with Crippen molar-refractivity contribution in [3.63, 3.8) is 0 Å². The molecule has 1 aromatic carbocycles. The topological polar surface area (TPSA) is 8.17 Å². The maximum absolute atomic E-state index is 3.56. The number of hydrogen-bond donors (Lipinski definition) is 0. The van der Waals surface area contributed by atoms with Crippen molar-refractivity contribution in [1.29, 1.82) is 0 Å². The lowest BCUT2D eigenvalue weighted by molar-refractivity contribution is 0.177. The summed E-state index contributed by atoms with van der Waals surface area (Å²) in [5.41, 5.74) is 4.31. The highest BCUT2D eigenvalue weighted by Gasteiger charge is 2.23. The first kappa shape index (κ1) is 11.3. The first-order valence-electron chi connectivity index (χ1n) is 6.05. The summed E-state index contributed by atoms with van der Waals surface area (Å²) >= 11 is 3.56. The van der Waals surface area contributed by atoms with Crippen LogP contribution in [0.5, 0.6) is 0 Å². The minimum atomic E-state index is 0.633. The van der Waals surface area contributed by atoms with Crippen molar-refractivity contribution in [3.05, 3.63) is 33.9 Å². The third kappa shape index (κ3) is 1.64. The molecule has 0 aliphatic carbocycles. The van der Waals surface area contributed by atoms with Crippen LogP contribution in [-0.4, -0.2) is 22.6 Å². The molecule has 2 heterocycles. The van der Waals surface area contributed by atoms with Gasteiger partial charge < -0.3 is 4.57 Å². The molecule has 1 aliphatic rings. The van der Waals surface area contributed by atoms with Crippen LogP contribution in [0.4, 0.5) is 0 Å². The molecule has 17 heavy (non-hydrogen) atoms. The van der Waals surface area contributed by atoms with E-state index in [9.17, 15) is 0 Å². The number of aryl methyl sites for hydroxylation is 1. The molecular weight excluding hydrogens is 276 g/mol. The van der Waals surface area contributed by atoms with Crippen molar-refractivity contribution < 1.29 is 0 Å². The average Bonchev–Trinajstić information content (AvgIpc) is 2.54. The summed E-state index contributed by atoms with van der Waals surface area (Å²) in [7, 11) is 2.20. The second-order valence-electron chi connectivity index (χ2n) is 5.11. The van der Waals surface area contributed by atoms with E-state index < -0.39 is 0 Å². The van der Waals surface area contributed by atoms with E-state index in [1.54, 1.807) is 0 Å². The number of nitrogens with zero attached hydrogens (tertiary/aromatic N) is 2. The Bertz CT molecular complexity index is 585. The Morgan fingerprint density at radius 3 is 2.88 bits per heavy atom. The first-order valence-corrected chi connectivity index (χ1v) is 6.84. The summed E-state index contributed by atoms with van der Waals surface area (Å²) in [4.78, 5) is 2.41. The van der Waals surface area contributed by atoms with Crippen molar-refractivity contribution in [3.8, 4) is 0 Å². The highest BCUT2D eigenvalue weighted by molar-refractivity contribution is 9.10. The van der Waals surface area contributed by atoms with Crippen LogP contribution >= 0.6 is 15.9 Å². The lowest BCUT2D eigenvalue weighted by atomic mass is 10.1. The fraction of sp³-hybridized carbons (Fsp3) is 0.429. The van der Waals surface area contributed by atoms with E-state index in [4.69, 9.17) is 0 Å². The molecule has 3 rings (SSSR count). The molecule has 1 aromatic heterocycles. The minimum Gasteiger partial charge on any atom is -0.331 e. The second-order valence-corrected chi connectivity index (χ2v) is 6.03. The van der Waals surface area contributed by atoms with Crippen molar-refractivity contribution in [2.45, 2.75) is 33.0 Å². The zero-order valence-electron chi connectivity index (χ0n) is 10.5. The summed E-state index contributed by atoms with van der Waals surface area (Å²) in [6.07, 6.45) is 1.15. The van der Waals surface area contributed by atoms with Crippen LogP contribution in [-0.2, 0) is 13.1 Å². The first-order chi connectivity index (χ1) is 8.08. The van der Waals surface area contributed by atoms with E-state index >= 15 is 0 Å². The maximum atomic E-state index is 3.56. The van der Waals surface area contributed by atoms with E-state index in [0.29, 0.717) is 6.04 Å². The largest absolute Gasteiger partial charge is 0.331 e. The average molecular weight is 293 g/mol. The summed E-state index contributed by atoms with van der Waals surface area (Å²) in [5.74, 6) is 0. The molecule has 0 saturated heterocycles. The lowest BCUT2D eigenvalue weighted by Crippen LogP contribution is -2.38. The molecule has 1 unspecified atom stereocenters. The van der Waals surface area contributed by atoms with Crippen LogP contribution in [0.15, 0.2) is 22.7 Å². The van der Waals surface area contributed by atoms with Gasteiger partial charge in [-0.25, -0.2) is 0 Å². The molecule has 90 valence electrons. The van der Waals surface area contributed by atoms with Crippen LogP contribution in [0, 0.1) is 6.92 Å². The molecule has 1 aliphatic heterocycles. The van der Waals surface area contributed by atoms with Gasteiger partial charge in [-0.1, -0.05) is 15.9 Å². The second kappa shape index (κ2) is 3.85. The van der Waals surface area contributed by atoms with Gasteiger partial charge in [0.15, 0.2) is 0 Å². The molecular formula is C14H17BrN2. The van der Waals surface area contributed by atoms with Crippen LogP contribution in [0.3, 0.4) is 0 Å². The molecule has 2 aromatic rings. The lowest BCUT2D eigenvalue weighted by Gasteiger charge is -2.32. The van der Waals surface area contributed by atoms with Crippen LogP contribution in [0.1, 0.15) is 18.2 Å². The Labute approximate surface area is 110 Å². The van der Waals surface area contributed by atoms with E-state index in [0.717, 1.165) is 17.6 Å². The minimum absolute atomic E-state index is 0.633. The highest BCUT2D eigenvalue weighted by Crippen LogP contribution is 2.32. The molecule has 0 saturated carbocycles. The van der Waals surface area contributed by atoms with Crippen LogP contribution in [0.25, 0.3) is 10.9 Å². The van der Waals surface area contributed by atoms with Gasteiger partial charge in [0.25, 0.3) is 0 Å². The predicted molar refractivity (Wildman–Crippen MR) is 75.3 cm³/mol. The normalized spacial score (nSPS) is 20.8. The number of likely N-dealkylation sites (N-methyl/N-ethyl adjacent to an activating group) is 1. The van der Waals surface area contributed by atoms with Gasteiger partial charge in [0.2, 0.25) is 0 Å². The van der Waals surface area contributed by atoms with E-state index in [-0.39, 0.29) is 0 Å². The number of halogens is 1. The number of rotatable bonds is 0. The fourth-order valence-electron chi connectivity index (χ4n) is 2.77. The van der Waals surface area contributed by atoms with Crippen molar-refractivity contribution in [1.82, 2.24) is 9.47 Å². The number of benzene rings is 1. The Balaban J connectivity index is 2.28. The molecule has 0 bridgehead atoms. The number of fused-ring (bicyclic) bond motifs is 3. The van der Waals surface area contributed by atoms with Gasteiger partial charge in [0.1, 0.15) is 0 Å².